The molecule has 0 N–H and O–H groups in total. The number of rotatable bonds is 5. The van der Waals surface area contributed by atoms with Gasteiger partial charge in [-0.2, -0.15) is 0 Å². The summed E-state index contributed by atoms with van der Waals surface area (Å²) in [6, 6.07) is 69.8. The van der Waals surface area contributed by atoms with Crippen LogP contribution in [-0.4, -0.2) is 9.97 Å². The second-order valence-electron chi connectivity index (χ2n) is 14.1. The van der Waals surface area contributed by atoms with Gasteiger partial charge in [0, 0.05) is 36.9 Å². The van der Waals surface area contributed by atoms with Gasteiger partial charge in [0.1, 0.15) is 0 Å². The normalized spacial score (nSPS) is 11.6. The average Bonchev–Trinajstić information content (AvgIpc) is 3.65. The molecule has 2 heterocycles. The fourth-order valence-corrected chi connectivity index (χ4v) is 9.46. The molecular weight excluding hydrogens is 685 g/mol. The summed E-state index contributed by atoms with van der Waals surface area (Å²) < 4.78 is 2.63. The summed E-state index contributed by atoms with van der Waals surface area (Å²) in [7, 11) is 0. The number of fused-ring (bicyclic) bond motifs is 7. The molecule has 0 aliphatic rings. The highest BCUT2D eigenvalue weighted by atomic mass is 32.1. The number of aromatic nitrogens is 2. The van der Waals surface area contributed by atoms with Gasteiger partial charge in [0.15, 0.2) is 5.82 Å². The molecule has 0 bridgehead atoms. The Morgan fingerprint density at radius 1 is 0.327 bits per heavy atom. The van der Waals surface area contributed by atoms with Crippen LogP contribution in [0.4, 0.5) is 0 Å². The molecule has 0 unspecified atom stereocenters. The molecule has 256 valence electrons. The van der Waals surface area contributed by atoms with Crippen molar-refractivity contribution >= 4 is 63.8 Å². The number of hydrogen-bond donors (Lipinski definition) is 0. The Morgan fingerprint density at radius 3 is 1.82 bits per heavy atom. The lowest BCUT2D eigenvalue weighted by atomic mass is 9.89. The lowest BCUT2D eigenvalue weighted by Gasteiger charge is -2.15. The van der Waals surface area contributed by atoms with Crippen LogP contribution in [-0.2, 0) is 0 Å². The molecule has 0 saturated carbocycles. The molecule has 0 aliphatic carbocycles. The van der Waals surface area contributed by atoms with Gasteiger partial charge in [0.25, 0.3) is 0 Å². The van der Waals surface area contributed by atoms with Gasteiger partial charge in [0.2, 0.25) is 0 Å². The Hall–Kier alpha value is -6.94. The summed E-state index contributed by atoms with van der Waals surface area (Å²) in [5, 5.41) is 10.1. The van der Waals surface area contributed by atoms with Crippen molar-refractivity contribution in [1.29, 1.82) is 0 Å². The molecule has 0 fully saturated rings. The summed E-state index contributed by atoms with van der Waals surface area (Å²) in [6.07, 6.45) is 0. The number of thiophene rings is 1. The Morgan fingerprint density at radius 2 is 0.964 bits per heavy atom. The van der Waals surface area contributed by atoms with E-state index in [-0.39, 0.29) is 0 Å². The number of nitrogens with zero attached hydrogens (tertiary/aromatic N) is 2. The van der Waals surface area contributed by atoms with Crippen LogP contribution >= 0.6 is 11.3 Å². The van der Waals surface area contributed by atoms with Crippen molar-refractivity contribution in [3.63, 3.8) is 0 Å². The summed E-state index contributed by atoms with van der Waals surface area (Å²) in [5.41, 5.74) is 9.72. The fraction of sp³-hybridized carbons (Fsp3) is 0. The molecule has 11 aromatic rings. The minimum atomic E-state index is 0.708. The van der Waals surface area contributed by atoms with E-state index in [1.807, 2.05) is 29.5 Å². The molecule has 0 radical (unpaired) electrons. The van der Waals surface area contributed by atoms with Gasteiger partial charge < -0.3 is 0 Å². The fourth-order valence-electron chi connectivity index (χ4n) is 8.22. The Bertz CT molecular complexity index is 3250. The Kier molecular flexibility index (Phi) is 7.39. The molecule has 3 heteroatoms. The van der Waals surface area contributed by atoms with Gasteiger partial charge in [-0.3, -0.25) is 0 Å². The highest BCUT2D eigenvalue weighted by Gasteiger charge is 2.16. The smallest absolute Gasteiger partial charge is 0.160 e. The van der Waals surface area contributed by atoms with Crippen LogP contribution in [0.15, 0.2) is 194 Å². The van der Waals surface area contributed by atoms with Crippen molar-refractivity contribution in [3.05, 3.63) is 194 Å². The first-order valence-electron chi connectivity index (χ1n) is 18.6. The molecule has 11 rings (SSSR count). The lowest BCUT2D eigenvalue weighted by molar-refractivity contribution is 1.18. The lowest BCUT2D eigenvalue weighted by Crippen LogP contribution is -1.96. The quantitative estimate of drug-likeness (QED) is 0.131. The average molecular weight is 717 g/mol. The first kappa shape index (κ1) is 31.6. The van der Waals surface area contributed by atoms with E-state index in [0.29, 0.717) is 5.82 Å². The van der Waals surface area contributed by atoms with Crippen LogP contribution in [0.3, 0.4) is 0 Å². The predicted octanol–water partition coefficient (Wildman–Crippen LogP) is 14.6. The topological polar surface area (TPSA) is 25.8 Å². The van der Waals surface area contributed by atoms with E-state index >= 15 is 0 Å². The summed E-state index contributed by atoms with van der Waals surface area (Å²) in [4.78, 5) is 10.4. The summed E-state index contributed by atoms with van der Waals surface area (Å²) >= 11 is 1.86. The zero-order valence-electron chi connectivity index (χ0n) is 29.8. The Labute approximate surface area is 322 Å². The van der Waals surface area contributed by atoms with Gasteiger partial charge in [-0.1, -0.05) is 170 Å². The minimum Gasteiger partial charge on any atom is -0.228 e. The SMILES string of the molecule is c1ccc(-c2nc(-c3ccc(-c4cccc5c4sc4ccccc45)cc3)cc(-c3cccc(-c4c5ccccc5cc5c4ccc4ccccc45)c3)n2)cc1. The third-order valence-electron chi connectivity index (χ3n) is 10.9. The van der Waals surface area contributed by atoms with Gasteiger partial charge in [-0.25, -0.2) is 9.97 Å². The molecule has 0 spiro atoms. The van der Waals surface area contributed by atoms with Crippen LogP contribution in [0.2, 0.25) is 0 Å². The molecule has 0 saturated heterocycles. The maximum Gasteiger partial charge on any atom is 0.160 e. The van der Waals surface area contributed by atoms with E-state index in [1.165, 1.54) is 69.2 Å². The van der Waals surface area contributed by atoms with Crippen LogP contribution in [0.25, 0.3) is 109 Å². The zero-order chi connectivity index (χ0) is 36.3. The van der Waals surface area contributed by atoms with Crippen molar-refractivity contribution in [2.24, 2.45) is 0 Å². The maximum atomic E-state index is 5.21. The second-order valence-corrected chi connectivity index (χ2v) is 15.2. The van der Waals surface area contributed by atoms with Crippen molar-refractivity contribution in [1.82, 2.24) is 9.97 Å². The molecule has 0 amide bonds. The van der Waals surface area contributed by atoms with Crippen molar-refractivity contribution in [2.75, 3.05) is 0 Å². The van der Waals surface area contributed by atoms with Crippen LogP contribution < -0.4 is 0 Å². The largest absolute Gasteiger partial charge is 0.228 e. The second kappa shape index (κ2) is 12.9. The van der Waals surface area contributed by atoms with Crippen molar-refractivity contribution < 1.29 is 0 Å². The van der Waals surface area contributed by atoms with E-state index in [9.17, 15) is 0 Å². The van der Waals surface area contributed by atoms with Gasteiger partial charge in [0.05, 0.1) is 11.4 Å². The van der Waals surface area contributed by atoms with Gasteiger partial charge >= 0.3 is 0 Å². The molecule has 2 nitrogen and oxygen atoms in total. The van der Waals surface area contributed by atoms with E-state index < -0.39 is 0 Å². The van der Waals surface area contributed by atoms with Crippen molar-refractivity contribution in [3.8, 4) is 56.2 Å². The number of benzene rings is 9. The summed E-state index contributed by atoms with van der Waals surface area (Å²) in [6.45, 7) is 0. The monoisotopic (exact) mass is 716 g/mol. The highest BCUT2D eigenvalue weighted by molar-refractivity contribution is 7.26. The molecular formula is C52H32N2S. The third-order valence-corrected chi connectivity index (χ3v) is 12.1. The van der Waals surface area contributed by atoms with Gasteiger partial charge in [-0.05, 0) is 78.8 Å². The number of hydrogen-bond acceptors (Lipinski definition) is 3. The molecule has 9 aromatic carbocycles. The molecule has 0 atom stereocenters. The highest BCUT2D eigenvalue weighted by Crippen LogP contribution is 2.42. The third kappa shape index (κ3) is 5.40. The van der Waals surface area contributed by atoms with Crippen LogP contribution in [0, 0.1) is 0 Å². The summed E-state index contributed by atoms with van der Waals surface area (Å²) in [5.74, 6) is 0.708. The standard InChI is InChI=1S/C52H32N2S/c1-2-13-36(14-3-1)52-53-47(35-26-24-34(25-27-35)42-21-11-22-45-43-20-8-9-23-49(43)55-51(42)45)32-48(54-52)38-16-10-17-39(30-38)50-41-19-7-5-15-37(41)31-46-40-18-6-4-12-33(40)28-29-44(46)50/h1-32H. The molecule has 0 aliphatic heterocycles. The predicted molar refractivity (Wildman–Crippen MR) is 235 cm³/mol. The first-order valence-corrected chi connectivity index (χ1v) is 19.5. The van der Waals surface area contributed by atoms with E-state index in [1.54, 1.807) is 0 Å². The van der Waals surface area contributed by atoms with Crippen LogP contribution in [0.1, 0.15) is 0 Å². The molecule has 55 heavy (non-hydrogen) atoms. The van der Waals surface area contributed by atoms with Crippen LogP contribution in [0.5, 0.6) is 0 Å². The maximum absolute atomic E-state index is 5.21. The zero-order valence-corrected chi connectivity index (χ0v) is 30.6. The Balaban J connectivity index is 1.05. The first-order chi connectivity index (χ1) is 27.2. The van der Waals surface area contributed by atoms with E-state index in [0.717, 1.165) is 33.6 Å². The van der Waals surface area contributed by atoms with Crippen molar-refractivity contribution in [2.45, 2.75) is 0 Å². The van der Waals surface area contributed by atoms with E-state index in [4.69, 9.17) is 9.97 Å². The van der Waals surface area contributed by atoms with Gasteiger partial charge in [-0.15, -0.1) is 11.3 Å². The molecule has 2 aromatic heterocycles. The van der Waals surface area contributed by atoms with E-state index in [2.05, 4.69) is 176 Å². The minimum absolute atomic E-state index is 0.708.